The number of fused-ring (bicyclic) bond motifs is 1. The van der Waals surface area contributed by atoms with Crippen molar-refractivity contribution in [2.24, 2.45) is 0 Å². The molecule has 2 amide bonds. The first-order valence-corrected chi connectivity index (χ1v) is 9.79. The molecule has 1 aliphatic rings. The van der Waals surface area contributed by atoms with E-state index in [9.17, 15) is 14.4 Å². The van der Waals surface area contributed by atoms with Crippen LogP contribution in [-0.2, 0) is 22.4 Å². The highest BCUT2D eigenvalue weighted by molar-refractivity contribution is 7.17. The zero-order chi connectivity index (χ0) is 19.4. The molecule has 1 aliphatic carbocycles. The van der Waals surface area contributed by atoms with Crippen molar-refractivity contribution in [1.82, 2.24) is 0 Å². The van der Waals surface area contributed by atoms with Crippen LogP contribution < -0.4 is 10.6 Å². The minimum absolute atomic E-state index is 0.119. The SMILES string of the molecule is CCC(=O)Nc1cccc(C(=O)Nc2sc3c(c2C(=O)OC)CCCC3)c1. The van der Waals surface area contributed by atoms with Crippen LogP contribution in [0, 0.1) is 0 Å². The molecular weight excluding hydrogens is 364 g/mol. The van der Waals surface area contributed by atoms with Crippen molar-refractivity contribution in [1.29, 1.82) is 0 Å². The number of nitrogens with one attached hydrogen (secondary N) is 2. The van der Waals surface area contributed by atoms with Gasteiger partial charge in [-0.25, -0.2) is 4.79 Å². The predicted molar refractivity (Wildman–Crippen MR) is 106 cm³/mol. The molecule has 0 saturated carbocycles. The number of amides is 2. The van der Waals surface area contributed by atoms with Gasteiger partial charge in [0, 0.05) is 22.5 Å². The number of anilines is 2. The lowest BCUT2D eigenvalue weighted by molar-refractivity contribution is -0.115. The summed E-state index contributed by atoms with van der Waals surface area (Å²) in [5.74, 6) is -0.869. The third kappa shape index (κ3) is 4.19. The zero-order valence-electron chi connectivity index (χ0n) is 15.4. The minimum Gasteiger partial charge on any atom is -0.465 e. The third-order valence-electron chi connectivity index (χ3n) is 4.52. The third-order valence-corrected chi connectivity index (χ3v) is 5.72. The quantitative estimate of drug-likeness (QED) is 0.760. The van der Waals surface area contributed by atoms with E-state index in [4.69, 9.17) is 4.74 Å². The van der Waals surface area contributed by atoms with Crippen LogP contribution in [0.25, 0.3) is 0 Å². The summed E-state index contributed by atoms with van der Waals surface area (Å²) in [6.07, 6.45) is 4.21. The van der Waals surface area contributed by atoms with Crippen molar-refractivity contribution in [3.8, 4) is 0 Å². The molecule has 6 nitrogen and oxygen atoms in total. The van der Waals surface area contributed by atoms with E-state index in [-0.39, 0.29) is 11.8 Å². The van der Waals surface area contributed by atoms with Gasteiger partial charge in [0.1, 0.15) is 5.00 Å². The molecule has 0 saturated heterocycles. The second-order valence-electron chi connectivity index (χ2n) is 6.34. The number of methoxy groups -OCH3 is 1. The van der Waals surface area contributed by atoms with Crippen LogP contribution in [0.4, 0.5) is 10.7 Å². The number of hydrogen-bond donors (Lipinski definition) is 2. The summed E-state index contributed by atoms with van der Waals surface area (Å²) in [7, 11) is 1.35. The van der Waals surface area contributed by atoms with Gasteiger partial charge in [-0.2, -0.15) is 0 Å². The van der Waals surface area contributed by atoms with Crippen LogP contribution in [-0.4, -0.2) is 24.9 Å². The topological polar surface area (TPSA) is 84.5 Å². The maximum Gasteiger partial charge on any atom is 0.341 e. The van der Waals surface area contributed by atoms with E-state index in [1.54, 1.807) is 31.2 Å². The van der Waals surface area contributed by atoms with Crippen molar-refractivity contribution >= 4 is 39.8 Å². The lowest BCUT2D eigenvalue weighted by atomic mass is 9.95. The number of benzene rings is 1. The van der Waals surface area contributed by atoms with Gasteiger partial charge in [-0.05, 0) is 49.4 Å². The number of carbonyl (C=O) groups excluding carboxylic acids is 3. The number of carbonyl (C=O) groups is 3. The van der Waals surface area contributed by atoms with Gasteiger partial charge in [0.15, 0.2) is 0 Å². The molecule has 1 aromatic carbocycles. The fourth-order valence-corrected chi connectivity index (χ4v) is 4.41. The van der Waals surface area contributed by atoms with Gasteiger partial charge in [0.05, 0.1) is 12.7 Å². The Balaban J connectivity index is 1.86. The Hall–Kier alpha value is -2.67. The zero-order valence-corrected chi connectivity index (χ0v) is 16.2. The Labute approximate surface area is 161 Å². The second-order valence-corrected chi connectivity index (χ2v) is 7.45. The van der Waals surface area contributed by atoms with Crippen molar-refractivity contribution in [3.05, 3.63) is 45.8 Å². The monoisotopic (exact) mass is 386 g/mol. The highest BCUT2D eigenvalue weighted by Crippen LogP contribution is 2.38. The fraction of sp³-hybridized carbons (Fsp3) is 0.350. The maximum absolute atomic E-state index is 12.7. The van der Waals surface area contributed by atoms with Crippen LogP contribution in [0.2, 0.25) is 0 Å². The summed E-state index contributed by atoms with van der Waals surface area (Å²) in [5, 5.41) is 6.13. The van der Waals surface area contributed by atoms with Gasteiger partial charge in [-0.3, -0.25) is 9.59 Å². The Morgan fingerprint density at radius 2 is 1.93 bits per heavy atom. The molecule has 0 spiro atoms. The van der Waals surface area contributed by atoms with E-state index in [1.807, 2.05) is 0 Å². The van der Waals surface area contributed by atoms with E-state index < -0.39 is 5.97 Å². The molecule has 0 radical (unpaired) electrons. The molecule has 0 bridgehead atoms. The summed E-state index contributed by atoms with van der Waals surface area (Å²) >= 11 is 1.44. The molecule has 0 atom stereocenters. The molecule has 0 unspecified atom stereocenters. The van der Waals surface area contributed by atoms with Gasteiger partial charge < -0.3 is 15.4 Å². The van der Waals surface area contributed by atoms with Gasteiger partial charge in [0.25, 0.3) is 5.91 Å². The maximum atomic E-state index is 12.7. The summed E-state index contributed by atoms with van der Waals surface area (Å²) < 4.78 is 4.93. The largest absolute Gasteiger partial charge is 0.465 e. The van der Waals surface area contributed by atoms with E-state index in [0.717, 1.165) is 36.1 Å². The molecule has 2 aromatic rings. The summed E-state index contributed by atoms with van der Waals surface area (Å²) in [5.41, 5.74) is 2.44. The average Bonchev–Trinajstić information content (AvgIpc) is 3.05. The number of rotatable bonds is 5. The van der Waals surface area contributed by atoms with Crippen LogP contribution in [0.15, 0.2) is 24.3 Å². The van der Waals surface area contributed by atoms with Crippen LogP contribution in [0.3, 0.4) is 0 Å². The molecule has 7 heteroatoms. The Morgan fingerprint density at radius 1 is 1.15 bits per heavy atom. The van der Waals surface area contributed by atoms with E-state index in [1.165, 1.54) is 18.4 Å². The van der Waals surface area contributed by atoms with Crippen molar-refractivity contribution in [2.45, 2.75) is 39.0 Å². The molecule has 2 N–H and O–H groups in total. The van der Waals surface area contributed by atoms with E-state index in [2.05, 4.69) is 10.6 Å². The van der Waals surface area contributed by atoms with Crippen molar-refractivity contribution in [2.75, 3.05) is 17.7 Å². The minimum atomic E-state index is -0.423. The van der Waals surface area contributed by atoms with Gasteiger partial charge in [-0.1, -0.05) is 13.0 Å². The molecule has 3 rings (SSSR count). The number of ether oxygens (including phenoxy) is 1. The standard InChI is InChI=1S/C20H22N2O4S/c1-3-16(23)21-13-8-6-7-12(11-13)18(24)22-19-17(20(25)26-2)14-9-4-5-10-15(14)27-19/h6-8,11H,3-5,9-10H2,1-2H3,(H,21,23)(H,22,24). The van der Waals surface area contributed by atoms with Gasteiger partial charge >= 0.3 is 5.97 Å². The van der Waals surface area contributed by atoms with Gasteiger partial charge in [-0.15, -0.1) is 11.3 Å². The molecule has 0 aliphatic heterocycles. The van der Waals surface area contributed by atoms with E-state index >= 15 is 0 Å². The highest BCUT2D eigenvalue weighted by Gasteiger charge is 2.27. The lowest BCUT2D eigenvalue weighted by Gasteiger charge is -2.12. The first-order valence-electron chi connectivity index (χ1n) is 8.97. The first-order chi connectivity index (χ1) is 13.0. The van der Waals surface area contributed by atoms with Crippen LogP contribution in [0.5, 0.6) is 0 Å². The summed E-state index contributed by atoms with van der Waals surface area (Å²) in [4.78, 5) is 37.7. The van der Waals surface area contributed by atoms with Gasteiger partial charge in [0.2, 0.25) is 5.91 Å². The first kappa shape index (κ1) is 19.1. The van der Waals surface area contributed by atoms with Crippen LogP contribution >= 0.6 is 11.3 Å². The number of thiophene rings is 1. The summed E-state index contributed by atoms with van der Waals surface area (Å²) in [6, 6.07) is 6.73. The van der Waals surface area contributed by atoms with Crippen molar-refractivity contribution < 1.29 is 19.1 Å². The number of hydrogen-bond acceptors (Lipinski definition) is 5. The number of aryl methyl sites for hydroxylation is 1. The summed E-state index contributed by atoms with van der Waals surface area (Å²) in [6.45, 7) is 1.76. The average molecular weight is 386 g/mol. The Kier molecular flexibility index (Phi) is 5.91. The molecule has 142 valence electrons. The molecule has 27 heavy (non-hydrogen) atoms. The molecule has 0 fully saturated rings. The lowest BCUT2D eigenvalue weighted by Crippen LogP contribution is -2.16. The molecular formula is C20H22N2O4S. The second kappa shape index (κ2) is 8.35. The van der Waals surface area contributed by atoms with Crippen molar-refractivity contribution in [3.63, 3.8) is 0 Å². The predicted octanol–water partition coefficient (Wildman–Crippen LogP) is 4.01. The molecule has 1 aromatic heterocycles. The Morgan fingerprint density at radius 3 is 2.67 bits per heavy atom. The Bertz CT molecular complexity index is 888. The smallest absolute Gasteiger partial charge is 0.341 e. The van der Waals surface area contributed by atoms with E-state index in [0.29, 0.717) is 28.2 Å². The fourth-order valence-electron chi connectivity index (χ4n) is 3.13. The van der Waals surface area contributed by atoms with Crippen LogP contribution in [0.1, 0.15) is 57.3 Å². The molecule has 1 heterocycles. The number of esters is 1. The highest BCUT2D eigenvalue weighted by atomic mass is 32.1. The normalized spacial score (nSPS) is 12.8.